The first-order chi connectivity index (χ1) is 6.31. The van der Waals surface area contributed by atoms with Crippen LogP contribution in [0.5, 0.6) is 0 Å². The highest BCUT2D eigenvalue weighted by Gasteiger charge is 1.99. The summed E-state index contributed by atoms with van der Waals surface area (Å²) in [6.45, 7) is 0. The molecule has 0 amide bonds. The Bertz CT molecular complexity index is 500. The summed E-state index contributed by atoms with van der Waals surface area (Å²) < 4.78 is 1.00. The van der Waals surface area contributed by atoms with E-state index in [4.69, 9.17) is 5.26 Å². The zero-order chi connectivity index (χ0) is 9.26. The molecule has 0 spiro atoms. The molecule has 0 atom stereocenters. The predicted molar refractivity (Wildman–Crippen MR) is 54.2 cm³/mol. The van der Waals surface area contributed by atoms with Crippen molar-refractivity contribution in [3.63, 3.8) is 0 Å². The second-order valence-corrected chi connectivity index (χ2v) is 3.47. The first kappa shape index (κ1) is 8.21. The van der Waals surface area contributed by atoms with Crippen molar-refractivity contribution >= 4 is 26.8 Å². The first-order valence-corrected chi connectivity index (χ1v) is 4.56. The molecule has 0 N–H and O–H groups in total. The fourth-order valence-electron chi connectivity index (χ4n) is 1.18. The molecule has 1 aromatic heterocycles. The van der Waals surface area contributed by atoms with Crippen molar-refractivity contribution in [2.45, 2.75) is 0 Å². The Morgan fingerprint density at radius 3 is 2.85 bits per heavy atom. The molecule has 3 heteroatoms. The van der Waals surface area contributed by atoms with E-state index in [0.717, 1.165) is 15.4 Å². The summed E-state index contributed by atoms with van der Waals surface area (Å²) in [4.78, 5) is 4.16. The average Bonchev–Trinajstić information content (AvgIpc) is 2.18. The van der Waals surface area contributed by atoms with Crippen molar-refractivity contribution in [2.75, 3.05) is 0 Å². The lowest BCUT2D eigenvalue weighted by molar-refractivity contribution is 1.32. The van der Waals surface area contributed by atoms with Crippen LogP contribution in [0.25, 0.3) is 10.9 Å². The zero-order valence-corrected chi connectivity index (χ0v) is 8.25. The van der Waals surface area contributed by atoms with Crippen LogP contribution >= 0.6 is 15.9 Å². The number of hydrogen-bond acceptors (Lipinski definition) is 2. The van der Waals surface area contributed by atoms with Crippen molar-refractivity contribution in [3.05, 3.63) is 40.5 Å². The number of benzene rings is 1. The smallest absolute Gasteiger partial charge is 0.141 e. The predicted octanol–water partition coefficient (Wildman–Crippen LogP) is 2.87. The molecular formula is C10H5BrN2. The van der Waals surface area contributed by atoms with Gasteiger partial charge in [0, 0.05) is 9.86 Å². The maximum absolute atomic E-state index is 8.64. The number of nitriles is 1. The van der Waals surface area contributed by atoms with E-state index < -0.39 is 0 Å². The molecule has 2 aromatic rings. The van der Waals surface area contributed by atoms with Gasteiger partial charge in [0.05, 0.1) is 5.52 Å². The zero-order valence-electron chi connectivity index (χ0n) is 6.66. The van der Waals surface area contributed by atoms with E-state index in [2.05, 4.69) is 20.9 Å². The van der Waals surface area contributed by atoms with Gasteiger partial charge < -0.3 is 0 Å². The van der Waals surface area contributed by atoms with Gasteiger partial charge in [-0.05, 0) is 24.3 Å². The quantitative estimate of drug-likeness (QED) is 0.701. The molecule has 1 heterocycles. The Kier molecular flexibility index (Phi) is 1.99. The molecule has 0 aliphatic rings. The van der Waals surface area contributed by atoms with Crippen molar-refractivity contribution in [3.8, 4) is 6.07 Å². The number of hydrogen-bond donors (Lipinski definition) is 0. The van der Waals surface area contributed by atoms with Crippen LogP contribution < -0.4 is 0 Å². The Labute approximate surface area is 84.0 Å². The summed E-state index contributed by atoms with van der Waals surface area (Å²) in [7, 11) is 0. The molecule has 0 fully saturated rings. The summed E-state index contributed by atoms with van der Waals surface area (Å²) in [6, 6.07) is 11.4. The van der Waals surface area contributed by atoms with E-state index in [1.807, 2.05) is 30.3 Å². The number of rotatable bonds is 0. The molecule has 0 aliphatic heterocycles. The van der Waals surface area contributed by atoms with Crippen LogP contribution in [0.4, 0.5) is 0 Å². The Morgan fingerprint density at radius 1 is 1.23 bits per heavy atom. The summed E-state index contributed by atoms with van der Waals surface area (Å²) in [6.07, 6.45) is 0. The van der Waals surface area contributed by atoms with E-state index in [-0.39, 0.29) is 0 Å². The third-order valence-electron chi connectivity index (χ3n) is 1.79. The van der Waals surface area contributed by atoms with E-state index in [1.54, 1.807) is 6.07 Å². The number of pyridine rings is 1. The molecule has 0 bridgehead atoms. The minimum absolute atomic E-state index is 0.450. The van der Waals surface area contributed by atoms with Crippen molar-refractivity contribution in [2.24, 2.45) is 0 Å². The van der Waals surface area contributed by atoms with E-state index in [9.17, 15) is 0 Å². The fourth-order valence-corrected chi connectivity index (χ4v) is 1.67. The molecule has 62 valence electrons. The van der Waals surface area contributed by atoms with Gasteiger partial charge in [-0.1, -0.05) is 22.0 Å². The minimum Gasteiger partial charge on any atom is -0.237 e. The standard InChI is InChI=1S/C10H5BrN2/c11-9-2-1-3-10-8(9)5-4-7(6-12)13-10/h1-5H. The van der Waals surface area contributed by atoms with Crippen LogP contribution in [0, 0.1) is 11.3 Å². The maximum Gasteiger partial charge on any atom is 0.141 e. The maximum atomic E-state index is 8.64. The average molecular weight is 233 g/mol. The summed E-state index contributed by atoms with van der Waals surface area (Å²) in [5, 5.41) is 9.67. The topological polar surface area (TPSA) is 36.7 Å². The van der Waals surface area contributed by atoms with Crippen LogP contribution in [0.1, 0.15) is 5.69 Å². The van der Waals surface area contributed by atoms with Crippen LogP contribution in [-0.2, 0) is 0 Å². The lowest BCUT2D eigenvalue weighted by Gasteiger charge is -1.98. The van der Waals surface area contributed by atoms with Gasteiger partial charge in [-0.2, -0.15) is 5.26 Å². The third-order valence-corrected chi connectivity index (χ3v) is 2.48. The van der Waals surface area contributed by atoms with Crippen LogP contribution in [-0.4, -0.2) is 4.98 Å². The number of fused-ring (bicyclic) bond motifs is 1. The highest BCUT2D eigenvalue weighted by atomic mass is 79.9. The van der Waals surface area contributed by atoms with Gasteiger partial charge in [0.15, 0.2) is 0 Å². The van der Waals surface area contributed by atoms with E-state index >= 15 is 0 Å². The SMILES string of the molecule is N#Cc1ccc2c(Br)cccc2n1. The molecule has 2 nitrogen and oxygen atoms in total. The van der Waals surface area contributed by atoms with Crippen molar-refractivity contribution in [1.29, 1.82) is 5.26 Å². The van der Waals surface area contributed by atoms with Crippen molar-refractivity contribution in [1.82, 2.24) is 4.98 Å². The minimum atomic E-state index is 0.450. The second-order valence-electron chi connectivity index (χ2n) is 2.61. The molecule has 0 aliphatic carbocycles. The normalized spacial score (nSPS) is 9.85. The van der Waals surface area contributed by atoms with Crippen molar-refractivity contribution < 1.29 is 0 Å². The van der Waals surface area contributed by atoms with Crippen LogP contribution in [0.15, 0.2) is 34.8 Å². The highest BCUT2D eigenvalue weighted by molar-refractivity contribution is 9.10. The highest BCUT2D eigenvalue weighted by Crippen LogP contribution is 2.22. The third kappa shape index (κ3) is 1.41. The largest absolute Gasteiger partial charge is 0.237 e. The molecule has 0 saturated carbocycles. The number of aromatic nitrogens is 1. The van der Waals surface area contributed by atoms with Gasteiger partial charge in [-0.15, -0.1) is 0 Å². The monoisotopic (exact) mass is 232 g/mol. The van der Waals surface area contributed by atoms with Gasteiger partial charge in [0.2, 0.25) is 0 Å². The molecular weight excluding hydrogens is 228 g/mol. The van der Waals surface area contributed by atoms with E-state index in [1.165, 1.54) is 0 Å². The Morgan fingerprint density at radius 2 is 2.08 bits per heavy atom. The molecule has 1 aromatic carbocycles. The van der Waals surface area contributed by atoms with Crippen LogP contribution in [0.3, 0.4) is 0 Å². The molecule has 2 rings (SSSR count). The number of nitrogens with zero attached hydrogens (tertiary/aromatic N) is 2. The summed E-state index contributed by atoms with van der Waals surface area (Å²) >= 11 is 3.42. The molecule has 0 unspecified atom stereocenters. The second kappa shape index (κ2) is 3.15. The summed E-state index contributed by atoms with van der Waals surface area (Å²) in [5.41, 5.74) is 1.29. The van der Waals surface area contributed by atoms with Gasteiger partial charge in [0.25, 0.3) is 0 Å². The van der Waals surface area contributed by atoms with E-state index in [0.29, 0.717) is 5.69 Å². The summed E-state index contributed by atoms with van der Waals surface area (Å²) in [5.74, 6) is 0. The molecule has 13 heavy (non-hydrogen) atoms. The fraction of sp³-hybridized carbons (Fsp3) is 0. The van der Waals surface area contributed by atoms with Gasteiger partial charge in [0.1, 0.15) is 11.8 Å². The molecule has 0 radical (unpaired) electrons. The lowest BCUT2D eigenvalue weighted by Crippen LogP contribution is -1.83. The lowest BCUT2D eigenvalue weighted by atomic mass is 10.2. The molecule has 0 saturated heterocycles. The van der Waals surface area contributed by atoms with Gasteiger partial charge in [-0.3, -0.25) is 0 Å². The van der Waals surface area contributed by atoms with Gasteiger partial charge >= 0.3 is 0 Å². The van der Waals surface area contributed by atoms with Gasteiger partial charge in [-0.25, -0.2) is 4.98 Å². The Balaban J connectivity index is 2.82. The Hall–Kier alpha value is -1.40. The number of halogens is 1. The first-order valence-electron chi connectivity index (χ1n) is 3.76. The van der Waals surface area contributed by atoms with Crippen LogP contribution in [0.2, 0.25) is 0 Å².